The van der Waals surface area contributed by atoms with Crippen molar-refractivity contribution < 1.29 is 13.2 Å². The van der Waals surface area contributed by atoms with Crippen LogP contribution in [0.1, 0.15) is 46.5 Å². The van der Waals surface area contributed by atoms with Gasteiger partial charge in [0.25, 0.3) is 0 Å². The van der Waals surface area contributed by atoms with Gasteiger partial charge >= 0.3 is 6.18 Å². The van der Waals surface area contributed by atoms with Crippen molar-refractivity contribution in [1.29, 1.82) is 0 Å². The Kier molecular flexibility index (Phi) is 10.3. The molecule has 1 N–H and O–H groups in total. The second-order valence-corrected chi connectivity index (χ2v) is 5.55. The maximum atomic E-state index is 12.3. The van der Waals surface area contributed by atoms with Crippen molar-refractivity contribution in [2.24, 2.45) is 5.92 Å². The van der Waals surface area contributed by atoms with Gasteiger partial charge in [-0.25, -0.2) is 0 Å². The quantitative estimate of drug-likeness (QED) is 0.582. The highest BCUT2D eigenvalue weighted by molar-refractivity contribution is 4.63. The molecule has 0 amide bonds. The Balaban J connectivity index is 3.59. The number of unbranched alkanes of at least 4 members (excludes halogenated alkanes) is 2. The first kappa shape index (κ1) is 18.7. The van der Waals surface area contributed by atoms with E-state index in [1.165, 1.54) is 4.90 Å². The van der Waals surface area contributed by atoms with Gasteiger partial charge in [0.2, 0.25) is 0 Å². The predicted octanol–water partition coefficient (Wildman–Crippen LogP) is 3.68. The van der Waals surface area contributed by atoms with Gasteiger partial charge in [0, 0.05) is 0 Å². The summed E-state index contributed by atoms with van der Waals surface area (Å²) in [6, 6.07) is 0. The van der Waals surface area contributed by atoms with Crippen LogP contribution in [-0.4, -0.2) is 43.8 Å². The summed E-state index contributed by atoms with van der Waals surface area (Å²) in [5, 5.41) is 3.34. The van der Waals surface area contributed by atoms with Crippen molar-refractivity contribution in [2.75, 3.05) is 32.7 Å². The van der Waals surface area contributed by atoms with E-state index in [-0.39, 0.29) is 0 Å². The van der Waals surface area contributed by atoms with E-state index in [0.29, 0.717) is 19.0 Å². The first-order valence-corrected chi connectivity index (χ1v) is 7.35. The molecule has 0 saturated carbocycles. The molecule has 2 nitrogen and oxygen atoms in total. The van der Waals surface area contributed by atoms with Crippen LogP contribution in [0.15, 0.2) is 0 Å². The minimum Gasteiger partial charge on any atom is -0.316 e. The van der Waals surface area contributed by atoms with Gasteiger partial charge in [0.05, 0.1) is 6.54 Å². The van der Waals surface area contributed by atoms with Crippen LogP contribution < -0.4 is 5.32 Å². The number of hydrogen-bond donors (Lipinski definition) is 1. The summed E-state index contributed by atoms with van der Waals surface area (Å²) >= 11 is 0. The molecule has 0 spiro atoms. The Morgan fingerprint density at radius 2 is 1.74 bits per heavy atom. The Morgan fingerprint density at radius 1 is 1.05 bits per heavy atom. The van der Waals surface area contributed by atoms with Crippen LogP contribution in [0.4, 0.5) is 13.2 Å². The lowest BCUT2D eigenvalue weighted by Gasteiger charge is -2.22. The molecule has 0 radical (unpaired) electrons. The van der Waals surface area contributed by atoms with E-state index in [1.54, 1.807) is 0 Å². The van der Waals surface area contributed by atoms with E-state index in [2.05, 4.69) is 19.2 Å². The summed E-state index contributed by atoms with van der Waals surface area (Å²) in [5.41, 5.74) is 0. The molecule has 0 bridgehead atoms. The number of halogens is 3. The van der Waals surface area contributed by atoms with Crippen LogP contribution in [0.5, 0.6) is 0 Å². The van der Waals surface area contributed by atoms with Gasteiger partial charge in [-0.15, -0.1) is 0 Å². The highest BCUT2D eigenvalue weighted by Gasteiger charge is 2.29. The molecule has 0 aromatic heterocycles. The van der Waals surface area contributed by atoms with Gasteiger partial charge in [-0.05, 0) is 51.4 Å². The predicted molar refractivity (Wildman–Crippen MR) is 74.3 cm³/mol. The zero-order chi connectivity index (χ0) is 14.7. The SMILES string of the molecule is CCCN(CCCCCNCC(C)C)CC(F)(F)F. The Morgan fingerprint density at radius 3 is 2.26 bits per heavy atom. The van der Waals surface area contributed by atoms with Gasteiger partial charge < -0.3 is 5.32 Å². The fourth-order valence-electron chi connectivity index (χ4n) is 1.99. The first-order valence-electron chi connectivity index (χ1n) is 7.35. The molecular formula is C14H29F3N2. The van der Waals surface area contributed by atoms with E-state index in [4.69, 9.17) is 0 Å². The summed E-state index contributed by atoms with van der Waals surface area (Å²) in [7, 11) is 0. The molecule has 0 atom stereocenters. The molecule has 0 aliphatic carbocycles. The molecule has 0 unspecified atom stereocenters. The van der Waals surface area contributed by atoms with Crippen molar-refractivity contribution in [3.05, 3.63) is 0 Å². The molecule has 19 heavy (non-hydrogen) atoms. The zero-order valence-corrected chi connectivity index (χ0v) is 12.5. The van der Waals surface area contributed by atoms with Crippen LogP contribution in [0.3, 0.4) is 0 Å². The molecule has 0 saturated heterocycles. The average Bonchev–Trinajstić information content (AvgIpc) is 2.25. The molecular weight excluding hydrogens is 253 g/mol. The van der Waals surface area contributed by atoms with Gasteiger partial charge in [0.15, 0.2) is 0 Å². The molecule has 0 aromatic rings. The molecule has 0 aliphatic heterocycles. The van der Waals surface area contributed by atoms with Crippen LogP contribution in [0.2, 0.25) is 0 Å². The van der Waals surface area contributed by atoms with Gasteiger partial charge in [-0.1, -0.05) is 27.2 Å². The Bertz CT molecular complexity index is 205. The van der Waals surface area contributed by atoms with E-state index in [0.717, 1.165) is 38.8 Å². The highest BCUT2D eigenvalue weighted by Crippen LogP contribution is 2.17. The summed E-state index contributed by atoms with van der Waals surface area (Å²) in [4.78, 5) is 1.52. The standard InChI is InChI=1S/C14H29F3N2/c1-4-9-19(12-14(15,16)17)10-7-5-6-8-18-11-13(2)3/h13,18H,4-12H2,1-3H3. The maximum Gasteiger partial charge on any atom is 0.401 e. The summed E-state index contributed by atoms with van der Waals surface area (Å²) in [5.74, 6) is 0.645. The van der Waals surface area contributed by atoms with Gasteiger partial charge in [0.1, 0.15) is 0 Å². The van der Waals surface area contributed by atoms with E-state index in [9.17, 15) is 13.2 Å². The maximum absolute atomic E-state index is 12.3. The third-order valence-electron chi connectivity index (χ3n) is 2.82. The van der Waals surface area contributed by atoms with Gasteiger partial charge in [-0.2, -0.15) is 13.2 Å². The third kappa shape index (κ3) is 13.9. The molecule has 116 valence electrons. The first-order chi connectivity index (χ1) is 8.85. The zero-order valence-electron chi connectivity index (χ0n) is 12.5. The van der Waals surface area contributed by atoms with Crippen molar-refractivity contribution >= 4 is 0 Å². The van der Waals surface area contributed by atoms with Crippen molar-refractivity contribution in [3.63, 3.8) is 0 Å². The second-order valence-electron chi connectivity index (χ2n) is 5.55. The minimum atomic E-state index is -4.08. The summed E-state index contributed by atoms with van der Waals surface area (Å²) in [6.07, 6.45) is -0.429. The molecule has 5 heteroatoms. The van der Waals surface area contributed by atoms with E-state index in [1.807, 2.05) is 6.92 Å². The molecule has 0 rings (SSSR count). The summed E-state index contributed by atoms with van der Waals surface area (Å²) in [6.45, 7) is 8.52. The largest absolute Gasteiger partial charge is 0.401 e. The number of nitrogens with zero attached hydrogens (tertiary/aromatic N) is 1. The normalized spacial score (nSPS) is 12.6. The fraction of sp³-hybridized carbons (Fsp3) is 1.00. The number of alkyl halides is 3. The lowest BCUT2D eigenvalue weighted by atomic mass is 10.2. The van der Waals surface area contributed by atoms with Crippen molar-refractivity contribution in [3.8, 4) is 0 Å². The fourth-order valence-corrected chi connectivity index (χ4v) is 1.99. The van der Waals surface area contributed by atoms with Crippen molar-refractivity contribution in [1.82, 2.24) is 10.2 Å². The number of hydrogen-bond acceptors (Lipinski definition) is 2. The average molecular weight is 282 g/mol. The monoisotopic (exact) mass is 282 g/mol. The molecule has 0 aromatic carbocycles. The van der Waals surface area contributed by atoms with Gasteiger partial charge in [-0.3, -0.25) is 4.90 Å². The van der Waals surface area contributed by atoms with Crippen molar-refractivity contribution in [2.45, 2.75) is 52.6 Å². The molecule has 0 heterocycles. The lowest BCUT2D eigenvalue weighted by molar-refractivity contribution is -0.146. The smallest absolute Gasteiger partial charge is 0.316 e. The number of rotatable bonds is 11. The van der Waals surface area contributed by atoms with Crippen LogP contribution in [-0.2, 0) is 0 Å². The highest BCUT2D eigenvalue weighted by atomic mass is 19.4. The Labute approximate surface area is 115 Å². The molecule has 0 aliphatic rings. The van der Waals surface area contributed by atoms with Crippen LogP contribution in [0.25, 0.3) is 0 Å². The third-order valence-corrected chi connectivity index (χ3v) is 2.82. The molecule has 0 fully saturated rings. The number of nitrogens with one attached hydrogen (secondary N) is 1. The summed E-state index contributed by atoms with van der Waals surface area (Å²) < 4.78 is 37.0. The lowest BCUT2D eigenvalue weighted by Crippen LogP contribution is -2.35. The Hall–Kier alpha value is -0.290. The second kappa shape index (κ2) is 10.5. The van der Waals surface area contributed by atoms with Crippen LogP contribution >= 0.6 is 0 Å². The van der Waals surface area contributed by atoms with Crippen LogP contribution in [0, 0.1) is 5.92 Å². The van der Waals surface area contributed by atoms with E-state index >= 15 is 0 Å². The van der Waals surface area contributed by atoms with E-state index < -0.39 is 12.7 Å². The minimum absolute atomic E-state index is 0.533. The topological polar surface area (TPSA) is 15.3 Å².